The Labute approximate surface area is 218 Å². The summed E-state index contributed by atoms with van der Waals surface area (Å²) in [5, 5.41) is 14.8. The lowest BCUT2D eigenvalue weighted by Crippen LogP contribution is -2.56. The number of rotatable bonds is 10. The highest BCUT2D eigenvalue weighted by Gasteiger charge is 2.52. The van der Waals surface area contributed by atoms with Crippen LogP contribution in [0.2, 0.25) is 0 Å². The number of aromatic nitrogens is 1. The summed E-state index contributed by atoms with van der Waals surface area (Å²) in [6, 6.07) is 11.7. The third kappa shape index (κ3) is 6.62. The third-order valence-electron chi connectivity index (χ3n) is 6.38. The number of methoxy groups -OCH3 is 1. The van der Waals surface area contributed by atoms with Crippen molar-refractivity contribution in [3.05, 3.63) is 75.7 Å². The Bertz CT molecular complexity index is 1220. The van der Waals surface area contributed by atoms with Gasteiger partial charge in [0.05, 0.1) is 17.8 Å². The molecule has 37 heavy (non-hydrogen) atoms. The van der Waals surface area contributed by atoms with Crippen LogP contribution in [0.5, 0.6) is 11.5 Å². The zero-order chi connectivity index (χ0) is 26.6. The van der Waals surface area contributed by atoms with Crippen molar-refractivity contribution in [1.82, 2.24) is 15.2 Å². The molecule has 7 nitrogen and oxygen atoms in total. The number of nitrogens with one attached hydrogen (secondary N) is 1. The van der Waals surface area contributed by atoms with Crippen molar-refractivity contribution in [3.8, 4) is 11.5 Å². The van der Waals surface area contributed by atoms with Crippen molar-refractivity contribution in [1.29, 1.82) is 0 Å². The van der Waals surface area contributed by atoms with Crippen LogP contribution in [0, 0.1) is 6.92 Å². The van der Waals surface area contributed by atoms with Gasteiger partial charge in [0.1, 0.15) is 11.5 Å². The Hall–Kier alpha value is -3.53. The molecule has 2 aromatic carbocycles. The lowest BCUT2D eigenvalue weighted by molar-refractivity contribution is -0.164. The molecule has 4 rings (SSSR count). The Morgan fingerprint density at radius 2 is 1.81 bits per heavy atom. The molecule has 1 aliphatic rings. The van der Waals surface area contributed by atoms with Crippen LogP contribution >= 0.6 is 11.3 Å². The van der Waals surface area contributed by atoms with E-state index in [1.807, 2.05) is 12.1 Å². The van der Waals surface area contributed by atoms with E-state index in [1.165, 1.54) is 28.4 Å². The number of aromatic hydroxyl groups is 1. The van der Waals surface area contributed by atoms with Gasteiger partial charge in [0.2, 0.25) is 11.8 Å². The maximum atomic E-state index is 13.9. The fourth-order valence-corrected chi connectivity index (χ4v) is 5.00. The van der Waals surface area contributed by atoms with Crippen LogP contribution in [0.1, 0.15) is 47.1 Å². The van der Waals surface area contributed by atoms with Gasteiger partial charge < -0.3 is 20.1 Å². The first-order chi connectivity index (χ1) is 17.6. The molecule has 1 aliphatic carbocycles. The third-order valence-corrected chi connectivity index (χ3v) is 7.17. The van der Waals surface area contributed by atoms with Crippen molar-refractivity contribution >= 4 is 23.2 Å². The number of ether oxygens (including phenoxy) is 1. The number of phenolic OH excluding ortho intramolecular Hbond substituents is 1. The Balaban J connectivity index is 1.57. The van der Waals surface area contributed by atoms with Crippen LogP contribution < -0.4 is 10.1 Å². The fourth-order valence-electron chi connectivity index (χ4n) is 4.37. The van der Waals surface area contributed by atoms with Gasteiger partial charge in [0.15, 0.2) is 6.04 Å². The number of alkyl halides is 2. The topological polar surface area (TPSA) is 91.8 Å². The number of aryl methyl sites for hydroxylation is 2. The predicted molar refractivity (Wildman–Crippen MR) is 136 cm³/mol. The second-order valence-corrected chi connectivity index (χ2v) is 10.2. The summed E-state index contributed by atoms with van der Waals surface area (Å²) in [4.78, 5) is 32.8. The summed E-state index contributed by atoms with van der Waals surface area (Å²) in [6.07, 6.45) is -0.625. The largest absolute Gasteiger partial charge is 0.508 e. The highest BCUT2D eigenvalue weighted by atomic mass is 32.1. The molecule has 1 aromatic heterocycles. The lowest BCUT2D eigenvalue weighted by Gasteiger charge is -2.45. The Kier molecular flexibility index (Phi) is 8.06. The van der Waals surface area contributed by atoms with Gasteiger partial charge >= 0.3 is 0 Å². The molecule has 0 bridgehead atoms. The van der Waals surface area contributed by atoms with Gasteiger partial charge in [-0.25, -0.2) is 13.8 Å². The van der Waals surface area contributed by atoms with E-state index in [0.29, 0.717) is 22.9 Å². The number of hydrogen-bond donors (Lipinski definition) is 2. The summed E-state index contributed by atoms with van der Waals surface area (Å²) in [5.74, 6) is -2.95. The molecule has 2 N–H and O–H groups in total. The molecule has 1 saturated carbocycles. The second-order valence-electron chi connectivity index (χ2n) is 9.15. The molecule has 1 atom stereocenters. The van der Waals surface area contributed by atoms with Gasteiger partial charge in [-0.15, -0.1) is 11.3 Å². The van der Waals surface area contributed by atoms with Gasteiger partial charge in [0.25, 0.3) is 5.92 Å². The molecular weight excluding hydrogens is 500 g/mol. The van der Waals surface area contributed by atoms with Gasteiger partial charge in [0, 0.05) is 37.2 Å². The highest BCUT2D eigenvalue weighted by molar-refractivity contribution is 7.09. The maximum absolute atomic E-state index is 13.9. The highest BCUT2D eigenvalue weighted by Crippen LogP contribution is 2.43. The maximum Gasteiger partial charge on any atom is 0.252 e. The van der Waals surface area contributed by atoms with E-state index in [-0.39, 0.29) is 18.7 Å². The zero-order valence-corrected chi connectivity index (χ0v) is 21.4. The van der Waals surface area contributed by atoms with Gasteiger partial charge in [-0.05, 0) is 48.7 Å². The number of benzene rings is 2. The average molecular weight is 530 g/mol. The number of halogens is 2. The van der Waals surface area contributed by atoms with Crippen LogP contribution in [-0.4, -0.2) is 45.9 Å². The SMILES string of the molecule is COc1ccc(CNC(=O)C(c2csc(C)n2)N(C(=O)CCc2ccc(O)cc2)C2CC(F)(F)C2)cc1. The molecule has 3 aromatic rings. The van der Waals surface area contributed by atoms with Crippen molar-refractivity contribution in [2.45, 2.75) is 57.2 Å². The van der Waals surface area contributed by atoms with E-state index >= 15 is 0 Å². The summed E-state index contributed by atoms with van der Waals surface area (Å²) < 4.78 is 33.0. The first-order valence-electron chi connectivity index (χ1n) is 11.9. The average Bonchev–Trinajstić information content (AvgIpc) is 3.29. The van der Waals surface area contributed by atoms with Crippen molar-refractivity contribution in [2.24, 2.45) is 0 Å². The Morgan fingerprint density at radius 3 is 2.38 bits per heavy atom. The lowest BCUT2D eigenvalue weighted by atomic mass is 9.85. The first-order valence-corrected chi connectivity index (χ1v) is 12.8. The molecular formula is C27H29F2N3O4S. The molecule has 10 heteroatoms. The van der Waals surface area contributed by atoms with Gasteiger partial charge in [-0.1, -0.05) is 24.3 Å². The minimum Gasteiger partial charge on any atom is -0.508 e. The van der Waals surface area contributed by atoms with Crippen LogP contribution in [0.15, 0.2) is 53.9 Å². The number of carbonyl (C=O) groups excluding carboxylic acids is 2. The fraction of sp³-hybridized carbons (Fsp3) is 0.370. The number of hydrogen-bond acceptors (Lipinski definition) is 6. The number of thiazole rings is 1. The monoisotopic (exact) mass is 529 g/mol. The smallest absolute Gasteiger partial charge is 0.252 e. The van der Waals surface area contributed by atoms with E-state index in [0.717, 1.165) is 11.1 Å². The summed E-state index contributed by atoms with van der Waals surface area (Å²) in [5.41, 5.74) is 2.00. The minimum absolute atomic E-state index is 0.0260. The van der Waals surface area contributed by atoms with Gasteiger partial charge in [-0.2, -0.15) is 0 Å². The zero-order valence-electron chi connectivity index (χ0n) is 20.6. The summed E-state index contributed by atoms with van der Waals surface area (Å²) in [6.45, 7) is 1.98. The minimum atomic E-state index is -2.87. The van der Waals surface area contributed by atoms with Crippen molar-refractivity contribution < 1.29 is 28.2 Å². The Morgan fingerprint density at radius 1 is 1.16 bits per heavy atom. The van der Waals surface area contributed by atoms with Crippen molar-refractivity contribution in [3.63, 3.8) is 0 Å². The van der Waals surface area contributed by atoms with E-state index < -0.39 is 42.7 Å². The molecule has 0 spiro atoms. The summed E-state index contributed by atoms with van der Waals surface area (Å²) >= 11 is 1.33. The standard InChI is InChI=1S/C27H29F2N3O4S/c1-17-31-23(16-37-17)25(26(35)30-15-19-5-10-22(36-2)11-6-19)32(20-13-27(28,29)14-20)24(34)12-7-18-3-8-21(33)9-4-18/h3-6,8-11,16,20,25,33H,7,12-15H2,1-2H3,(H,30,35). The van der Waals surface area contributed by atoms with E-state index in [9.17, 15) is 23.5 Å². The quantitative estimate of drug-likeness (QED) is 0.394. The first kappa shape index (κ1) is 26.5. The van der Waals surface area contributed by atoms with E-state index in [4.69, 9.17) is 4.74 Å². The van der Waals surface area contributed by atoms with Crippen molar-refractivity contribution in [2.75, 3.05) is 7.11 Å². The molecule has 1 fully saturated rings. The molecule has 196 valence electrons. The molecule has 1 heterocycles. The van der Waals surface area contributed by atoms with E-state index in [2.05, 4.69) is 10.3 Å². The second kappa shape index (κ2) is 11.2. The normalized spacial score (nSPS) is 15.5. The predicted octanol–water partition coefficient (Wildman–Crippen LogP) is 4.78. The molecule has 0 radical (unpaired) electrons. The number of nitrogens with zero attached hydrogens (tertiary/aromatic N) is 2. The molecule has 0 saturated heterocycles. The van der Waals surface area contributed by atoms with Gasteiger partial charge in [-0.3, -0.25) is 9.59 Å². The van der Waals surface area contributed by atoms with Crippen LogP contribution in [0.25, 0.3) is 0 Å². The summed E-state index contributed by atoms with van der Waals surface area (Å²) in [7, 11) is 1.56. The molecule has 0 aliphatic heterocycles. The molecule has 2 amide bonds. The van der Waals surface area contributed by atoms with Crippen LogP contribution in [0.4, 0.5) is 8.78 Å². The van der Waals surface area contributed by atoms with Crippen LogP contribution in [-0.2, 0) is 22.6 Å². The van der Waals surface area contributed by atoms with E-state index in [1.54, 1.807) is 43.7 Å². The van der Waals surface area contributed by atoms with Crippen LogP contribution in [0.3, 0.4) is 0 Å². The number of carbonyl (C=O) groups is 2. The number of amides is 2. The molecule has 1 unspecified atom stereocenters. The number of phenols is 1.